The first-order chi connectivity index (χ1) is 20.0. The summed E-state index contributed by atoms with van der Waals surface area (Å²) in [6.45, 7) is 3.50. The lowest BCUT2D eigenvalue weighted by molar-refractivity contribution is -0.137. The number of methoxy groups -OCH3 is 1. The van der Waals surface area contributed by atoms with Gasteiger partial charge in [-0.15, -0.1) is 0 Å². The molecule has 42 heavy (non-hydrogen) atoms. The van der Waals surface area contributed by atoms with Crippen LogP contribution in [0, 0.1) is 11.8 Å². The van der Waals surface area contributed by atoms with E-state index in [-0.39, 0.29) is 30.1 Å². The molecule has 5 N–H and O–H groups in total. The molecule has 0 spiro atoms. The summed E-state index contributed by atoms with van der Waals surface area (Å²) in [5.74, 6) is -1.32. The van der Waals surface area contributed by atoms with E-state index in [2.05, 4.69) is 16.0 Å². The van der Waals surface area contributed by atoms with E-state index in [1.807, 2.05) is 0 Å². The van der Waals surface area contributed by atoms with E-state index >= 15 is 0 Å². The Balaban J connectivity index is 1.49. The summed E-state index contributed by atoms with van der Waals surface area (Å²) < 4.78 is 10.6. The highest BCUT2D eigenvalue weighted by Crippen LogP contribution is 2.34. The third-order valence-corrected chi connectivity index (χ3v) is 8.95. The Bertz CT molecular complexity index is 1110. The molecule has 1 aromatic carbocycles. The lowest BCUT2D eigenvalue weighted by atomic mass is 9.87. The molecule has 2 aliphatic carbocycles. The molecule has 0 aromatic heterocycles. The zero-order valence-corrected chi connectivity index (χ0v) is 24.8. The molecule has 232 valence electrons. The second-order valence-corrected chi connectivity index (χ2v) is 12.3. The molecule has 3 amide bonds. The first kappa shape index (κ1) is 31.9. The molecule has 1 heterocycles. The molecule has 0 radical (unpaired) electrons. The lowest BCUT2D eigenvalue weighted by Gasteiger charge is -2.29. The Labute approximate surface area is 247 Å². The van der Waals surface area contributed by atoms with Crippen LogP contribution in [0.1, 0.15) is 83.3 Å². The minimum absolute atomic E-state index is 0.218. The van der Waals surface area contributed by atoms with Gasteiger partial charge in [0.1, 0.15) is 29.5 Å². The molecule has 1 aliphatic heterocycles. The Hall–Kier alpha value is -3.02. The Kier molecular flexibility index (Phi) is 10.6. The number of Topliss-reactive ketones (excluding diaryl/α,β-unsaturated/α-hetero) is 1. The van der Waals surface area contributed by atoms with Gasteiger partial charge in [0, 0.05) is 5.92 Å². The molecule has 2 saturated carbocycles. The van der Waals surface area contributed by atoms with Gasteiger partial charge in [0.25, 0.3) is 0 Å². The zero-order valence-electron chi connectivity index (χ0n) is 24.8. The van der Waals surface area contributed by atoms with E-state index in [0.717, 1.165) is 25.7 Å². The summed E-state index contributed by atoms with van der Waals surface area (Å²) >= 11 is 0. The van der Waals surface area contributed by atoms with E-state index < -0.39 is 47.7 Å². The number of epoxide rings is 1. The number of amides is 3. The van der Waals surface area contributed by atoms with Gasteiger partial charge in [0.05, 0.1) is 25.9 Å². The molecule has 11 nitrogen and oxygen atoms in total. The Morgan fingerprint density at radius 3 is 2.17 bits per heavy atom. The van der Waals surface area contributed by atoms with E-state index in [4.69, 9.17) is 9.47 Å². The molecular weight excluding hydrogens is 542 g/mol. The van der Waals surface area contributed by atoms with Crippen LogP contribution in [0.3, 0.4) is 0 Å². The molecule has 0 bridgehead atoms. The summed E-state index contributed by atoms with van der Waals surface area (Å²) in [5, 5.41) is 29.2. The van der Waals surface area contributed by atoms with Crippen molar-refractivity contribution in [2.75, 3.05) is 13.7 Å². The van der Waals surface area contributed by atoms with Crippen molar-refractivity contribution < 1.29 is 38.9 Å². The van der Waals surface area contributed by atoms with Crippen LogP contribution in [-0.2, 0) is 23.9 Å². The first-order valence-corrected chi connectivity index (χ1v) is 15.1. The number of aliphatic hydroxyl groups excluding tert-OH is 2. The number of carbonyl (C=O) groups is 4. The molecule has 11 heteroatoms. The minimum atomic E-state index is -1.45. The monoisotopic (exact) mass is 587 g/mol. The van der Waals surface area contributed by atoms with Gasteiger partial charge in [-0.3, -0.25) is 19.2 Å². The second-order valence-electron chi connectivity index (χ2n) is 12.3. The van der Waals surface area contributed by atoms with Gasteiger partial charge >= 0.3 is 0 Å². The van der Waals surface area contributed by atoms with Crippen molar-refractivity contribution >= 4 is 23.5 Å². The summed E-state index contributed by atoms with van der Waals surface area (Å²) in [6.07, 6.45) is 4.82. The molecule has 4 rings (SSSR count). The number of hydrogen-bond donors (Lipinski definition) is 5. The highest BCUT2D eigenvalue weighted by atomic mass is 16.6. The fraction of sp³-hybridized carbons (Fsp3) is 0.677. The van der Waals surface area contributed by atoms with Gasteiger partial charge in [0.15, 0.2) is 5.78 Å². The fourth-order valence-corrected chi connectivity index (χ4v) is 5.99. The maximum absolute atomic E-state index is 13.8. The topological polar surface area (TPSA) is 167 Å². The van der Waals surface area contributed by atoms with Crippen molar-refractivity contribution in [1.29, 1.82) is 0 Å². The zero-order chi connectivity index (χ0) is 30.4. The van der Waals surface area contributed by atoms with Crippen molar-refractivity contribution in [3.63, 3.8) is 0 Å². The smallest absolute Gasteiger partial charge is 0.246 e. The highest BCUT2D eigenvalue weighted by molar-refractivity contribution is 5.98. The van der Waals surface area contributed by atoms with Crippen LogP contribution in [0.25, 0.3) is 0 Å². The van der Waals surface area contributed by atoms with Crippen LogP contribution in [0.5, 0.6) is 5.75 Å². The maximum atomic E-state index is 13.8. The van der Waals surface area contributed by atoms with Crippen molar-refractivity contribution in [1.82, 2.24) is 16.0 Å². The van der Waals surface area contributed by atoms with E-state index in [0.29, 0.717) is 43.4 Å². The SMILES string of the molecule is COc1ccc(C(O)C(NC(=O)C(C)NC(=O)C2CCC(O)CC2)C(=O)NC(CC2CCCC2)C(=O)C2(C)CO2)cc1. The predicted octanol–water partition coefficient (Wildman–Crippen LogP) is 1.69. The van der Waals surface area contributed by atoms with Gasteiger partial charge in [-0.2, -0.15) is 0 Å². The largest absolute Gasteiger partial charge is 0.497 e. The number of nitrogens with one attached hydrogen (secondary N) is 3. The van der Waals surface area contributed by atoms with Gasteiger partial charge < -0.3 is 35.6 Å². The Morgan fingerprint density at radius 2 is 1.60 bits per heavy atom. The maximum Gasteiger partial charge on any atom is 0.246 e. The molecule has 3 fully saturated rings. The van der Waals surface area contributed by atoms with Crippen LogP contribution < -0.4 is 20.7 Å². The van der Waals surface area contributed by atoms with Gasteiger partial charge in [-0.25, -0.2) is 0 Å². The van der Waals surface area contributed by atoms with Crippen molar-refractivity contribution in [2.24, 2.45) is 11.8 Å². The van der Waals surface area contributed by atoms with Gasteiger partial charge in [-0.1, -0.05) is 37.8 Å². The van der Waals surface area contributed by atoms with E-state index in [1.54, 1.807) is 31.2 Å². The van der Waals surface area contributed by atoms with Crippen molar-refractivity contribution in [3.05, 3.63) is 29.8 Å². The average molecular weight is 588 g/mol. The molecule has 5 unspecified atom stereocenters. The molecule has 1 saturated heterocycles. The summed E-state index contributed by atoms with van der Waals surface area (Å²) in [5.41, 5.74) is -0.581. The van der Waals surface area contributed by atoms with Crippen molar-refractivity contribution in [3.8, 4) is 5.75 Å². The van der Waals surface area contributed by atoms with E-state index in [9.17, 15) is 29.4 Å². The lowest BCUT2D eigenvalue weighted by Crippen LogP contribution is -2.58. The number of ether oxygens (including phenoxy) is 2. The summed E-state index contributed by atoms with van der Waals surface area (Å²) in [7, 11) is 1.51. The fourth-order valence-electron chi connectivity index (χ4n) is 5.99. The van der Waals surface area contributed by atoms with Crippen LogP contribution in [0.4, 0.5) is 0 Å². The van der Waals surface area contributed by atoms with Crippen LogP contribution >= 0.6 is 0 Å². The number of ketones is 1. The summed E-state index contributed by atoms with van der Waals surface area (Å²) in [4.78, 5) is 53.1. The molecule has 1 aromatic rings. The number of hydrogen-bond acceptors (Lipinski definition) is 8. The van der Waals surface area contributed by atoms with E-state index in [1.165, 1.54) is 14.0 Å². The van der Waals surface area contributed by atoms with Crippen LogP contribution in [-0.4, -0.2) is 77.3 Å². The van der Waals surface area contributed by atoms with Gasteiger partial charge in [-0.05, 0) is 69.6 Å². The van der Waals surface area contributed by atoms with Crippen LogP contribution in [0.15, 0.2) is 24.3 Å². The molecular formula is C31H45N3O8. The van der Waals surface area contributed by atoms with Crippen LogP contribution in [0.2, 0.25) is 0 Å². The number of rotatable bonds is 13. The standard InChI is InChI=1S/C31H45N3O8/c1-18(32-29(39)21-8-12-22(35)13-9-21)28(38)34-25(26(36)20-10-14-23(41-3)15-11-20)30(40)33-24(16-19-6-4-5-7-19)27(37)31(2)17-42-31/h10-11,14-15,18-19,21-22,24-26,35-36H,4-9,12-13,16-17H2,1-3H3,(H,32,39)(H,33,40)(H,34,38). The average Bonchev–Trinajstić information content (AvgIpc) is 3.53. The van der Waals surface area contributed by atoms with Crippen molar-refractivity contribution in [2.45, 2.75) is 108 Å². The number of benzene rings is 1. The number of carbonyl (C=O) groups excluding carboxylic acids is 4. The summed E-state index contributed by atoms with van der Waals surface area (Å²) in [6, 6.07) is 3.21. The quantitative estimate of drug-likeness (QED) is 0.218. The minimum Gasteiger partial charge on any atom is -0.497 e. The number of aliphatic hydroxyl groups is 2. The van der Waals surface area contributed by atoms with Gasteiger partial charge in [0.2, 0.25) is 17.7 Å². The third kappa shape index (κ3) is 8.08. The third-order valence-electron chi connectivity index (χ3n) is 8.95. The Morgan fingerprint density at radius 1 is 0.976 bits per heavy atom. The second kappa shape index (κ2) is 14.0. The molecule has 5 atom stereocenters. The normalized spacial score (nSPS) is 26.8. The first-order valence-electron chi connectivity index (χ1n) is 15.1. The predicted molar refractivity (Wildman–Crippen MR) is 153 cm³/mol. The highest BCUT2D eigenvalue weighted by Gasteiger charge is 2.50. The molecule has 3 aliphatic rings.